The lowest BCUT2D eigenvalue weighted by molar-refractivity contribution is -0.146. The Bertz CT molecular complexity index is 296. The third-order valence-corrected chi connectivity index (χ3v) is 2.60. The molecule has 0 atom stereocenters. The van der Waals surface area contributed by atoms with E-state index in [1.807, 2.05) is 0 Å². The fourth-order valence-corrected chi connectivity index (χ4v) is 1.77. The van der Waals surface area contributed by atoms with Crippen LogP contribution in [-0.4, -0.2) is 24.3 Å². The van der Waals surface area contributed by atoms with E-state index < -0.39 is 0 Å². The highest BCUT2D eigenvalue weighted by molar-refractivity contribution is 5.98. The summed E-state index contributed by atoms with van der Waals surface area (Å²) in [6, 6.07) is 0. The molecular weight excluding hydrogens is 196 g/mol. The molecule has 1 aliphatic carbocycles. The summed E-state index contributed by atoms with van der Waals surface area (Å²) in [5, 5.41) is 0. The van der Waals surface area contributed by atoms with Crippen LogP contribution in [0.3, 0.4) is 0 Å². The molecule has 0 spiro atoms. The van der Waals surface area contributed by atoms with E-state index in [1.165, 1.54) is 5.94 Å². The molecule has 4 heteroatoms. The maximum absolute atomic E-state index is 11.1. The fourth-order valence-electron chi connectivity index (χ4n) is 1.77. The zero-order chi connectivity index (χ0) is 11.3. The predicted octanol–water partition coefficient (Wildman–Crippen LogP) is 0.923. The van der Waals surface area contributed by atoms with Crippen LogP contribution in [0.15, 0.2) is 6.08 Å². The van der Waals surface area contributed by atoms with E-state index >= 15 is 0 Å². The van der Waals surface area contributed by atoms with Gasteiger partial charge in [0.05, 0.1) is 12.7 Å². The summed E-state index contributed by atoms with van der Waals surface area (Å²) in [4.78, 5) is 32.1. The molecule has 0 amide bonds. The molecule has 1 aliphatic rings. The normalized spacial score (nSPS) is 23.5. The average molecular weight is 210 g/mol. The van der Waals surface area contributed by atoms with Gasteiger partial charge in [-0.3, -0.25) is 9.59 Å². The van der Waals surface area contributed by atoms with Crippen LogP contribution in [0.2, 0.25) is 0 Å². The minimum Gasteiger partial charge on any atom is -0.466 e. The maximum atomic E-state index is 11.1. The molecule has 0 unspecified atom stereocenters. The minimum atomic E-state index is -0.209. The third-order valence-electron chi connectivity index (χ3n) is 2.60. The second-order valence-electron chi connectivity index (χ2n) is 3.71. The van der Waals surface area contributed by atoms with Gasteiger partial charge in [-0.05, 0) is 25.7 Å². The standard InChI is InChI=1S/C11H14O4/c1-2-15-11(14)7-8-5-9(6-8)10(13)3-4-12/h3,8-9H,2,5-7H2,1H3. The van der Waals surface area contributed by atoms with Crippen LogP contribution in [0.25, 0.3) is 0 Å². The number of hydrogen-bond donors (Lipinski definition) is 0. The molecule has 0 radical (unpaired) electrons. The number of rotatable bonds is 5. The van der Waals surface area contributed by atoms with E-state index in [0.717, 1.165) is 6.08 Å². The van der Waals surface area contributed by atoms with Gasteiger partial charge < -0.3 is 4.74 Å². The van der Waals surface area contributed by atoms with Gasteiger partial charge in [-0.2, -0.15) is 0 Å². The quantitative estimate of drug-likeness (QED) is 0.384. The highest BCUT2D eigenvalue weighted by Crippen LogP contribution is 2.36. The number of hydrogen-bond acceptors (Lipinski definition) is 4. The molecule has 0 bridgehead atoms. The first kappa shape index (κ1) is 11.7. The van der Waals surface area contributed by atoms with Crippen molar-refractivity contribution in [3.05, 3.63) is 6.08 Å². The lowest BCUT2D eigenvalue weighted by atomic mass is 9.71. The summed E-state index contributed by atoms with van der Waals surface area (Å²) in [5.74, 6) is 1.23. The average Bonchev–Trinajstić information content (AvgIpc) is 2.11. The van der Waals surface area contributed by atoms with Crippen molar-refractivity contribution in [2.75, 3.05) is 6.61 Å². The minimum absolute atomic E-state index is 0.0918. The van der Waals surface area contributed by atoms with Crippen molar-refractivity contribution < 1.29 is 19.1 Å². The number of ketones is 1. The summed E-state index contributed by atoms with van der Waals surface area (Å²) in [7, 11) is 0. The molecule has 1 fully saturated rings. The van der Waals surface area contributed by atoms with E-state index in [-0.39, 0.29) is 23.6 Å². The molecule has 0 aromatic heterocycles. The van der Waals surface area contributed by atoms with Crippen LogP contribution in [0.4, 0.5) is 0 Å². The summed E-state index contributed by atoms with van der Waals surface area (Å²) >= 11 is 0. The van der Waals surface area contributed by atoms with Crippen LogP contribution in [0, 0.1) is 11.8 Å². The van der Waals surface area contributed by atoms with Crippen molar-refractivity contribution in [2.45, 2.75) is 26.2 Å². The van der Waals surface area contributed by atoms with Gasteiger partial charge in [-0.25, -0.2) is 4.79 Å². The Balaban J connectivity index is 2.23. The lowest BCUT2D eigenvalue weighted by Crippen LogP contribution is -2.31. The number of carbonyl (C=O) groups is 2. The number of ether oxygens (including phenoxy) is 1. The van der Waals surface area contributed by atoms with Gasteiger partial charge in [0.25, 0.3) is 0 Å². The molecular formula is C11H14O4. The van der Waals surface area contributed by atoms with Gasteiger partial charge in [0.1, 0.15) is 5.94 Å². The van der Waals surface area contributed by atoms with Gasteiger partial charge in [0.15, 0.2) is 5.78 Å². The van der Waals surface area contributed by atoms with E-state index in [9.17, 15) is 14.4 Å². The van der Waals surface area contributed by atoms with Gasteiger partial charge >= 0.3 is 5.97 Å². The van der Waals surface area contributed by atoms with E-state index in [1.54, 1.807) is 6.92 Å². The van der Waals surface area contributed by atoms with Crippen molar-refractivity contribution >= 4 is 17.7 Å². The lowest BCUT2D eigenvalue weighted by Gasteiger charge is -2.32. The Labute approximate surface area is 88.3 Å². The highest BCUT2D eigenvalue weighted by Gasteiger charge is 2.34. The SMILES string of the molecule is CCOC(=O)CC1CC(C(=O)C=C=O)C1. The van der Waals surface area contributed by atoms with Gasteiger partial charge in [0.2, 0.25) is 0 Å². The van der Waals surface area contributed by atoms with Crippen LogP contribution < -0.4 is 0 Å². The Hall–Kier alpha value is -1.41. The van der Waals surface area contributed by atoms with Crippen LogP contribution >= 0.6 is 0 Å². The molecule has 15 heavy (non-hydrogen) atoms. The number of carbonyl (C=O) groups excluding carboxylic acids is 3. The molecule has 0 N–H and O–H groups in total. The largest absolute Gasteiger partial charge is 0.466 e. The molecule has 0 saturated heterocycles. The first-order chi connectivity index (χ1) is 7.17. The summed E-state index contributed by atoms with van der Waals surface area (Å²) in [5.41, 5.74) is 0. The van der Waals surface area contributed by atoms with Crippen molar-refractivity contribution in [2.24, 2.45) is 11.8 Å². The van der Waals surface area contributed by atoms with E-state index in [2.05, 4.69) is 0 Å². The first-order valence-electron chi connectivity index (χ1n) is 5.07. The third kappa shape index (κ3) is 3.33. The van der Waals surface area contributed by atoms with Crippen molar-refractivity contribution in [1.82, 2.24) is 0 Å². The summed E-state index contributed by atoms with van der Waals surface area (Å²) in [6.45, 7) is 2.15. The molecule has 0 aliphatic heterocycles. The zero-order valence-corrected chi connectivity index (χ0v) is 8.69. The Morgan fingerprint density at radius 1 is 1.47 bits per heavy atom. The van der Waals surface area contributed by atoms with Crippen molar-refractivity contribution in [3.8, 4) is 0 Å². The molecule has 0 heterocycles. The van der Waals surface area contributed by atoms with Gasteiger partial charge in [0, 0.05) is 12.3 Å². The Morgan fingerprint density at radius 2 is 2.13 bits per heavy atom. The monoisotopic (exact) mass is 210 g/mol. The van der Waals surface area contributed by atoms with Crippen LogP contribution in [0.5, 0.6) is 0 Å². The summed E-state index contributed by atoms with van der Waals surface area (Å²) in [6.07, 6.45) is 2.67. The number of esters is 1. The molecule has 1 rings (SSSR count). The zero-order valence-electron chi connectivity index (χ0n) is 8.69. The van der Waals surface area contributed by atoms with E-state index in [0.29, 0.717) is 25.9 Å². The van der Waals surface area contributed by atoms with Gasteiger partial charge in [-0.1, -0.05) is 0 Å². The summed E-state index contributed by atoms with van der Waals surface area (Å²) < 4.78 is 4.80. The predicted molar refractivity (Wildman–Crippen MR) is 52.7 cm³/mol. The molecule has 0 aromatic carbocycles. The van der Waals surface area contributed by atoms with E-state index in [4.69, 9.17) is 4.74 Å². The topological polar surface area (TPSA) is 60.4 Å². The maximum Gasteiger partial charge on any atom is 0.306 e. The smallest absolute Gasteiger partial charge is 0.306 e. The Morgan fingerprint density at radius 3 is 2.67 bits per heavy atom. The fraction of sp³-hybridized carbons (Fsp3) is 0.636. The second kappa shape index (κ2) is 5.47. The molecule has 1 saturated carbocycles. The molecule has 0 aromatic rings. The molecule has 82 valence electrons. The Kier molecular flexibility index (Phi) is 4.25. The van der Waals surface area contributed by atoms with Crippen molar-refractivity contribution in [3.63, 3.8) is 0 Å². The second-order valence-corrected chi connectivity index (χ2v) is 3.71. The van der Waals surface area contributed by atoms with Crippen LogP contribution in [0.1, 0.15) is 26.2 Å². The van der Waals surface area contributed by atoms with Crippen LogP contribution in [-0.2, 0) is 19.1 Å². The number of allylic oxidation sites excluding steroid dienone is 1. The molecule has 4 nitrogen and oxygen atoms in total. The van der Waals surface area contributed by atoms with Crippen molar-refractivity contribution in [1.29, 1.82) is 0 Å². The highest BCUT2D eigenvalue weighted by atomic mass is 16.5. The first-order valence-corrected chi connectivity index (χ1v) is 5.07. The van der Waals surface area contributed by atoms with Gasteiger partial charge in [-0.15, -0.1) is 0 Å².